The molecule has 0 spiro atoms. The lowest BCUT2D eigenvalue weighted by molar-refractivity contribution is 0.242. The van der Waals surface area contributed by atoms with Crippen LogP contribution in [0.3, 0.4) is 0 Å². The molecule has 2 N–H and O–H groups in total. The molecule has 1 aromatic carbocycles. The van der Waals surface area contributed by atoms with E-state index in [-0.39, 0.29) is 10.9 Å². The molecule has 0 aliphatic rings. The van der Waals surface area contributed by atoms with Crippen molar-refractivity contribution in [2.24, 2.45) is 5.41 Å². The van der Waals surface area contributed by atoms with Crippen LogP contribution in [-0.2, 0) is 0 Å². The van der Waals surface area contributed by atoms with Gasteiger partial charge in [0.1, 0.15) is 11.6 Å². The molecule has 0 aliphatic heterocycles. The molecule has 1 rings (SSSR count). The fraction of sp³-hybridized carbons (Fsp3) is 0.500. The van der Waals surface area contributed by atoms with Gasteiger partial charge in [-0.25, -0.2) is 4.39 Å². The molecule has 0 heterocycles. The van der Waals surface area contributed by atoms with Crippen LogP contribution in [0.5, 0.6) is 5.75 Å². The molecular weight excluding hydrogens is 222 g/mol. The maximum absolute atomic E-state index is 13.4. The van der Waals surface area contributed by atoms with Crippen molar-refractivity contribution in [1.82, 2.24) is 0 Å². The van der Waals surface area contributed by atoms with Crippen molar-refractivity contribution in [2.45, 2.75) is 27.2 Å². The topological polar surface area (TPSA) is 49.7 Å². The molecule has 0 bridgehead atoms. The molecule has 5 heteroatoms. The first kappa shape index (κ1) is 14.0. The molecule has 0 fully saturated rings. The van der Waals surface area contributed by atoms with Gasteiger partial charge in [-0.05, 0) is 17.9 Å². The van der Waals surface area contributed by atoms with E-state index >= 15 is 0 Å². The van der Waals surface area contributed by atoms with Crippen molar-refractivity contribution in [3.8, 4) is 5.75 Å². The Morgan fingerprint density at radius 1 is 1.29 bits per heavy atom. The van der Waals surface area contributed by atoms with E-state index in [2.05, 4.69) is 20.8 Å². The largest absolute Gasteiger partial charge is 0.493 e. The molecule has 0 amide bonds. The lowest BCUT2D eigenvalue weighted by Crippen LogP contribution is -2.32. The van der Waals surface area contributed by atoms with Crippen molar-refractivity contribution < 1.29 is 19.2 Å². The van der Waals surface area contributed by atoms with Gasteiger partial charge in [0.05, 0.1) is 6.61 Å². The number of hydrogen-bond acceptors (Lipinski definition) is 3. The maximum atomic E-state index is 13.4. The first-order chi connectivity index (χ1) is 7.79. The van der Waals surface area contributed by atoms with Gasteiger partial charge in [-0.1, -0.05) is 26.8 Å². The summed E-state index contributed by atoms with van der Waals surface area (Å²) in [7, 11) is -1.79. The highest BCUT2D eigenvalue weighted by Crippen LogP contribution is 2.19. The molecule has 0 radical (unpaired) electrons. The fourth-order valence-corrected chi connectivity index (χ4v) is 1.28. The summed E-state index contributed by atoms with van der Waals surface area (Å²) in [5.41, 5.74) is 0.0212. The minimum atomic E-state index is -1.79. The van der Waals surface area contributed by atoms with Gasteiger partial charge in [-0.2, -0.15) is 0 Å². The molecule has 3 nitrogen and oxygen atoms in total. The summed E-state index contributed by atoms with van der Waals surface area (Å²) in [4.78, 5) is 0. The number of rotatable bonds is 4. The van der Waals surface area contributed by atoms with Gasteiger partial charge >= 0.3 is 7.12 Å². The van der Waals surface area contributed by atoms with Crippen LogP contribution in [0.2, 0.25) is 0 Å². The summed E-state index contributed by atoms with van der Waals surface area (Å²) in [5, 5.41) is 17.7. The van der Waals surface area contributed by atoms with Gasteiger partial charge in [0.15, 0.2) is 0 Å². The van der Waals surface area contributed by atoms with E-state index in [1.54, 1.807) is 0 Å². The zero-order valence-electron chi connectivity index (χ0n) is 10.4. The molecule has 94 valence electrons. The molecule has 1 aromatic rings. The molecule has 0 saturated carbocycles. The molecule has 0 unspecified atom stereocenters. The summed E-state index contributed by atoms with van der Waals surface area (Å²) < 4.78 is 18.8. The second-order valence-corrected chi connectivity index (χ2v) is 5.22. The Kier molecular flexibility index (Phi) is 4.54. The summed E-state index contributed by atoms with van der Waals surface area (Å²) >= 11 is 0. The Hall–Kier alpha value is -1.07. The van der Waals surface area contributed by atoms with Crippen LogP contribution in [0.1, 0.15) is 27.2 Å². The van der Waals surface area contributed by atoms with Crippen molar-refractivity contribution in [2.75, 3.05) is 6.61 Å². The predicted molar refractivity (Wildman–Crippen MR) is 65.8 cm³/mol. The van der Waals surface area contributed by atoms with Crippen LogP contribution >= 0.6 is 0 Å². The SMILES string of the molecule is CC(C)(C)CCOc1ccc(B(O)O)c(F)c1. The standard InChI is InChI=1S/C12H18BFO3/c1-12(2,3)6-7-17-9-4-5-10(13(15)16)11(14)8-9/h4-5,8,15-16H,6-7H2,1-3H3. The molecule has 0 aromatic heterocycles. The summed E-state index contributed by atoms with van der Waals surface area (Å²) in [6, 6.07) is 4.00. The van der Waals surface area contributed by atoms with Gasteiger partial charge in [-0.15, -0.1) is 0 Å². The molecule has 0 saturated heterocycles. The Labute approximate surface area is 101 Å². The number of halogens is 1. The van der Waals surface area contributed by atoms with Gasteiger partial charge in [0, 0.05) is 11.5 Å². The predicted octanol–water partition coefficient (Wildman–Crippen LogP) is 1.32. The molecule has 0 aliphatic carbocycles. The smallest absolute Gasteiger partial charge is 0.491 e. The maximum Gasteiger partial charge on any atom is 0.491 e. The Bertz CT molecular complexity index is 375. The zero-order chi connectivity index (χ0) is 13.1. The normalized spacial score (nSPS) is 11.4. The second-order valence-electron chi connectivity index (χ2n) is 5.22. The van der Waals surface area contributed by atoms with Crippen LogP contribution in [0.4, 0.5) is 4.39 Å². The van der Waals surface area contributed by atoms with E-state index in [0.717, 1.165) is 12.5 Å². The third-order valence-corrected chi connectivity index (χ3v) is 2.37. The summed E-state index contributed by atoms with van der Waals surface area (Å²) in [5.74, 6) is -0.274. The minimum Gasteiger partial charge on any atom is -0.493 e. The summed E-state index contributed by atoms with van der Waals surface area (Å²) in [6.45, 7) is 6.80. The molecular formula is C12H18BFO3. The van der Waals surface area contributed by atoms with Crippen molar-refractivity contribution in [3.05, 3.63) is 24.0 Å². The third-order valence-electron chi connectivity index (χ3n) is 2.37. The number of hydrogen-bond donors (Lipinski definition) is 2. The first-order valence-electron chi connectivity index (χ1n) is 5.58. The quantitative estimate of drug-likeness (QED) is 0.780. The van der Waals surface area contributed by atoms with Crippen molar-refractivity contribution >= 4 is 12.6 Å². The second kappa shape index (κ2) is 5.51. The average Bonchev–Trinajstić information content (AvgIpc) is 2.15. The highest BCUT2D eigenvalue weighted by atomic mass is 19.1. The van der Waals surface area contributed by atoms with Gasteiger partial charge < -0.3 is 14.8 Å². The van der Waals surface area contributed by atoms with Gasteiger partial charge in [0.2, 0.25) is 0 Å². The van der Waals surface area contributed by atoms with Crippen molar-refractivity contribution in [3.63, 3.8) is 0 Å². The third kappa shape index (κ3) is 4.75. The number of ether oxygens (including phenoxy) is 1. The van der Waals surface area contributed by atoms with E-state index in [1.165, 1.54) is 12.1 Å². The highest BCUT2D eigenvalue weighted by molar-refractivity contribution is 6.58. The first-order valence-corrected chi connectivity index (χ1v) is 5.58. The van der Waals surface area contributed by atoms with E-state index in [0.29, 0.717) is 12.4 Å². The Balaban J connectivity index is 2.59. The fourth-order valence-electron chi connectivity index (χ4n) is 1.28. The minimum absolute atomic E-state index is 0.145. The highest BCUT2D eigenvalue weighted by Gasteiger charge is 2.17. The van der Waals surface area contributed by atoms with Crippen molar-refractivity contribution in [1.29, 1.82) is 0 Å². The molecule has 17 heavy (non-hydrogen) atoms. The van der Waals surface area contributed by atoms with Gasteiger partial charge in [-0.3, -0.25) is 0 Å². The Morgan fingerprint density at radius 3 is 2.41 bits per heavy atom. The van der Waals surface area contributed by atoms with Crippen LogP contribution < -0.4 is 10.2 Å². The van der Waals surface area contributed by atoms with E-state index < -0.39 is 12.9 Å². The van der Waals surface area contributed by atoms with E-state index in [9.17, 15) is 4.39 Å². The Morgan fingerprint density at radius 2 is 1.94 bits per heavy atom. The average molecular weight is 240 g/mol. The molecule has 0 atom stereocenters. The van der Waals surface area contributed by atoms with Crippen LogP contribution in [0, 0.1) is 11.2 Å². The lowest BCUT2D eigenvalue weighted by Gasteiger charge is -2.18. The van der Waals surface area contributed by atoms with Crippen LogP contribution in [-0.4, -0.2) is 23.8 Å². The lowest BCUT2D eigenvalue weighted by atomic mass is 9.80. The van der Waals surface area contributed by atoms with Crippen LogP contribution in [0.15, 0.2) is 18.2 Å². The van der Waals surface area contributed by atoms with Crippen LogP contribution in [0.25, 0.3) is 0 Å². The zero-order valence-corrected chi connectivity index (χ0v) is 10.4. The monoisotopic (exact) mass is 240 g/mol. The summed E-state index contributed by atoms with van der Waals surface area (Å²) in [6.07, 6.45) is 0.860. The van der Waals surface area contributed by atoms with E-state index in [4.69, 9.17) is 14.8 Å². The van der Waals surface area contributed by atoms with Gasteiger partial charge in [0.25, 0.3) is 0 Å². The number of benzene rings is 1. The van der Waals surface area contributed by atoms with E-state index in [1.807, 2.05) is 0 Å².